The molecule has 14 heavy (non-hydrogen) atoms. The van der Waals surface area contributed by atoms with Crippen molar-refractivity contribution in [1.82, 2.24) is 9.97 Å². The molecule has 2 heterocycles. The molecule has 0 spiro atoms. The first-order valence-corrected chi connectivity index (χ1v) is 6.09. The lowest BCUT2D eigenvalue weighted by molar-refractivity contribution is 0.690. The summed E-state index contributed by atoms with van der Waals surface area (Å²) in [5, 5.41) is 0.507. The van der Waals surface area contributed by atoms with E-state index in [0.29, 0.717) is 11.2 Å². The van der Waals surface area contributed by atoms with Crippen molar-refractivity contribution in [3.05, 3.63) is 17.5 Å². The largest absolute Gasteiger partial charge is 0.356 e. The quantitative estimate of drug-likeness (QED) is 0.727. The van der Waals surface area contributed by atoms with E-state index in [0.717, 1.165) is 5.82 Å². The van der Waals surface area contributed by atoms with E-state index in [1.807, 2.05) is 17.8 Å². The summed E-state index contributed by atoms with van der Waals surface area (Å²) >= 11 is 7.80. The van der Waals surface area contributed by atoms with Crippen molar-refractivity contribution in [2.45, 2.75) is 12.5 Å². The van der Waals surface area contributed by atoms with Gasteiger partial charge < -0.3 is 4.90 Å². The van der Waals surface area contributed by atoms with Gasteiger partial charge >= 0.3 is 0 Å². The predicted octanol–water partition coefficient (Wildman–Crippen LogP) is 2.07. The van der Waals surface area contributed by atoms with Crippen molar-refractivity contribution in [3.63, 3.8) is 0 Å². The van der Waals surface area contributed by atoms with Gasteiger partial charge in [-0.3, -0.25) is 0 Å². The molecule has 2 rings (SSSR count). The summed E-state index contributed by atoms with van der Waals surface area (Å²) in [5.41, 5.74) is 0. The van der Waals surface area contributed by atoms with Crippen LogP contribution in [0.25, 0.3) is 0 Å². The van der Waals surface area contributed by atoms with Gasteiger partial charge in [-0.05, 0) is 12.2 Å². The zero-order valence-electron chi connectivity index (χ0n) is 7.98. The predicted molar refractivity (Wildman–Crippen MR) is 61.2 cm³/mol. The van der Waals surface area contributed by atoms with Crippen LogP contribution < -0.4 is 4.90 Å². The number of halogens is 1. The lowest BCUT2D eigenvalue weighted by atomic mass is 10.2. The monoisotopic (exact) mass is 229 g/mol. The number of rotatable bonds is 2. The molecule has 1 fully saturated rings. The minimum absolute atomic E-state index is 0.507. The molecule has 0 aliphatic carbocycles. The molecule has 0 amide bonds. The summed E-state index contributed by atoms with van der Waals surface area (Å²) in [4.78, 5) is 10.3. The highest BCUT2D eigenvalue weighted by Crippen LogP contribution is 2.25. The summed E-state index contributed by atoms with van der Waals surface area (Å²) in [6, 6.07) is 2.40. The number of aromatic nitrogens is 2. The number of hydrogen-bond acceptors (Lipinski definition) is 4. The van der Waals surface area contributed by atoms with E-state index in [1.165, 1.54) is 24.3 Å². The Balaban J connectivity index is 2.13. The second-order valence-corrected chi connectivity index (χ2v) is 4.86. The van der Waals surface area contributed by atoms with Gasteiger partial charge in [-0.15, -0.1) is 0 Å². The Labute approximate surface area is 92.9 Å². The van der Waals surface area contributed by atoms with E-state index in [2.05, 4.69) is 21.9 Å². The molecule has 5 heteroatoms. The van der Waals surface area contributed by atoms with Crippen LogP contribution in [0.5, 0.6) is 0 Å². The topological polar surface area (TPSA) is 29.0 Å². The van der Waals surface area contributed by atoms with Gasteiger partial charge in [0.1, 0.15) is 17.3 Å². The molecular weight excluding hydrogens is 218 g/mol. The van der Waals surface area contributed by atoms with E-state index in [-0.39, 0.29) is 0 Å². The van der Waals surface area contributed by atoms with Gasteiger partial charge in [0, 0.05) is 24.9 Å². The highest BCUT2D eigenvalue weighted by atomic mass is 35.5. The minimum atomic E-state index is 0.507. The van der Waals surface area contributed by atoms with Crippen LogP contribution in [0.2, 0.25) is 5.15 Å². The standard InChI is InChI=1S/C9H12ClN3S/c1-13(7-2-3-14-5-7)9-4-8(10)11-6-12-9/h4,6-7H,2-3,5H2,1H3/t7-/m0/s1. The third-order valence-electron chi connectivity index (χ3n) is 2.43. The van der Waals surface area contributed by atoms with Gasteiger partial charge in [-0.25, -0.2) is 9.97 Å². The van der Waals surface area contributed by atoms with Crippen LogP contribution in [0.1, 0.15) is 6.42 Å². The second-order valence-electron chi connectivity index (χ2n) is 3.33. The second kappa shape index (κ2) is 4.36. The average molecular weight is 230 g/mol. The van der Waals surface area contributed by atoms with Crippen LogP contribution in [-0.2, 0) is 0 Å². The van der Waals surface area contributed by atoms with Gasteiger partial charge in [0.2, 0.25) is 0 Å². The highest BCUT2D eigenvalue weighted by molar-refractivity contribution is 7.99. The van der Waals surface area contributed by atoms with E-state index < -0.39 is 0 Å². The number of hydrogen-bond donors (Lipinski definition) is 0. The third-order valence-corrected chi connectivity index (χ3v) is 3.79. The molecule has 0 bridgehead atoms. The Morgan fingerprint density at radius 1 is 1.57 bits per heavy atom. The molecular formula is C9H12ClN3S. The fourth-order valence-electron chi connectivity index (χ4n) is 1.53. The first-order chi connectivity index (χ1) is 6.77. The maximum absolute atomic E-state index is 5.81. The Morgan fingerprint density at radius 3 is 3.07 bits per heavy atom. The summed E-state index contributed by atoms with van der Waals surface area (Å²) in [6.07, 6.45) is 2.74. The van der Waals surface area contributed by atoms with Crippen molar-refractivity contribution in [3.8, 4) is 0 Å². The Hall–Kier alpha value is -0.480. The smallest absolute Gasteiger partial charge is 0.134 e. The molecule has 0 N–H and O–H groups in total. The molecule has 0 aromatic carbocycles. The summed E-state index contributed by atoms with van der Waals surface area (Å²) in [5.74, 6) is 3.34. The molecule has 3 nitrogen and oxygen atoms in total. The Kier molecular flexibility index (Phi) is 3.13. The molecule has 1 saturated heterocycles. The number of anilines is 1. The van der Waals surface area contributed by atoms with Crippen molar-refractivity contribution < 1.29 is 0 Å². The maximum atomic E-state index is 5.81. The molecule has 1 aromatic rings. The lowest BCUT2D eigenvalue weighted by Crippen LogP contribution is -2.31. The van der Waals surface area contributed by atoms with Crippen molar-refractivity contribution >= 4 is 29.2 Å². The van der Waals surface area contributed by atoms with E-state index in [9.17, 15) is 0 Å². The van der Waals surface area contributed by atoms with Gasteiger partial charge in [0.15, 0.2) is 0 Å². The summed E-state index contributed by atoms with van der Waals surface area (Å²) < 4.78 is 0. The molecule has 0 saturated carbocycles. The zero-order valence-corrected chi connectivity index (χ0v) is 9.55. The van der Waals surface area contributed by atoms with E-state index in [1.54, 1.807) is 0 Å². The van der Waals surface area contributed by atoms with E-state index >= 15 is 0 Å². The van der Waals surface area contributed by atoms with Crippen LogP contribution in [0.4, 0.5) is 5.82 Å². The van der Waals surface area contributed by atoms with Crippen LogP contribution >= 0.6 is 23.4 Å². The van der Waals surface area contributed by atoms with Gasteiger partial charge in [0.25, 0.3) is 0 Å². The fraction of sp³-hybridized carbons (Fsp3) is 0.556. The van der Waals surface area contributed by atoms with Gasteiger partial charge in [-0.1, -0.05) is 11.6 Å². The summed E-state index contributed by atoms with van der Waals surface area (Å²) in [6.45, 7) is 0. The van der Waals surface area contributed by atoms with Gasteiger partial charge in [-0.2, -0.15) is 11.8 Å². The minimum Gasteiger partial charge on any atom is -0.356 e. The van der Waals surface area contributed by atoms with Crippen molar-refractivity contribution in [1.29, 1.82) is 0 Å². The van der Waals surface area contributed by atoms with Crippen molar-refractivity contribution in [2.24, 2.45) is 0 Å². The number of thioether (sulfide) groups is 1. The molecule has 76 valence electrons. The van der Waals surface area contributed by atoms with Crippen LogP contribution in [0, 0.1) is 0 Å². The SMILES string of the molecule is CN(c1cc(Cl)ncn1)[C@H]1CCSC1. The molecule has 0 unspecified atom stereocenters. The fourth-order valence-corrected chi connectivity index (χ4v) is 2.94. The Bertz CT molecular complexity index is 315. The average Bonchev–Trinajstić information content (AvgIpc) is 2.69. The number of nitrogens with zero attached hydrogens (tertiary/aromatic N) is 3. The highest BCUT2D eigenvalue weighted by Gasteiger charge is 2.21. The summed E-state index contributed by atoms with van der Waals surface area (Å²) in [7, 11) is 2.06. The third kappa shape index (κ3) is 2.12. The Morgan fingerprint density at radius 2 is 2.43 bits per heavy atom. The molecule has 1 atom stereocenters. The molecule has 1 aliphatic rings. The molecule has 0 radical (unpaired) electrons. The molecule has 1 aliphatic heterocycles. The maximum Gasteiger partial charge on any atom is 0.134 e. The van der Waals surface area contributed by atoms with Crippen LogP contribution in [-0.4, -0.2) is 34.6 Å². The first kappa shape index (κ1) is 10.1. The normalized spacial score (nSPS) is 21.1. The van der Waals surface area contributed by atoms with E-state index in [4.69, 9.17) is 11.6 Å². The molecule has 1 aromatic heterocycles. The zero-order chi connectivity index (χ0) is 9.97. The lowest BCUT2D eigenvalue weighted by Gasteiger charge is -2.24. The van der Waals surface area contributed by atoms with Crippen LogP contribution in [0.3, 0.4) is 0 Å². The van der Waals surface area contributed by atoms with Gasteiger partial charge in [0.05, 0.1) is 0 Å². The van der Waals surface area contributed by atoms with Crippen molar-refractivity contribution in [2.75, 3.05) is 23.5 Å². The first-order valence-electron chi connectivity index (χ1n) is 4.55. The van der Waals surface area contributed by atoms with Crippen LogP contribution in [0.15, 0.2) is 12.4 Å².